The Morgan fingerprint density at radius 3 is 2.89 bits per heavy atom. The largest absolute Gasteiger partial charge is 0.354 e. The molecule has 2 N–H and O–H groups in total. The van der Waals surface area contributed by atoms with E-state index in [1.165, 1.54) is 6.21 Å². The number of para-hydroxylation sites is 1. The van der Waals surface area contributed by atoms with Crippen molar-refractivity contribution in [2.24, 2.45) is 5.10 Å². The lowest BCUT2D eigenvalue weighted by molar-refractivity contribution is 0.606. The van der Waals surface area contributed by atoms with Crippen LogP contribution in [0.5, 0.6) is 0 Å². The number of pyridine rings is 1. The van der Waals surface area contributed by atoms with Gasteiger partial charge < -0.3 is 9.88 Å². The molecule has 1 aromatic carbocycles. The Bertz CT molecular complexity index is 690. The van der Waals surface area contributed by atoms with E-state index in [0.717, 1.165) is 10.9 Å². The fraction of sp³-hybridized carbons (Fsp3) is 0.154. The van der Waals surface area contributed by atoms with Gasteiger partial charge in [0.15, 0.2) is 5.11 Å². The molecule has 0 aliphatic heterocycles. The maximum atomic E-state index is 11.8. The van der Waals surface area contributed by atoms with Gasteiger partial charge in [0.2, 0.25) is 0 Å². The second kappa shape index (κ2) is 5.62. The van der Waals surface area contributed by atoms with Crippen LogP contribution in [0.3, 0.4) is 0 Å². The molecule has 0 aliphatic carbocycles. The van der Waals surface area contributed by atoms with Crippen LogP contribution in [0.15, 0.2) is 40.2 Å². The van der Waals surface area contributed by atoms with Crippen molar-refractivity contribution >= 4 is 34.4 Å². The van der Waals surface area contributed by atoms with Crippen molar-refractivity contribution in [1.82, 2.24) is 15.3 Å². The lowest BCUT2D eigenvalue weighted by atomic mass is 10.2. The number of hydrogen-bond donors (Lipinski definition) is 2. The van der Waals surface area contributed by atoms with Crippen molar-refractivity contribution in [1.29, 1.82) is 0 Å². The lowest BCUT2D eigenvalue weighted by Crippen LogP contribution is -2.30. The van der Waals surface area contributed by atoms with Crippen LogP contribution < -0.4 is 11.0 Å². The fourth-order valence-corrected chi connectivity index (χ4v) is 1.57. The van der Waals surface area contributed by atoms with Gasteiger partial charge in [-0.1, -0.05) is 18.2 Å². The van der Waals surface area contributed by atoms with Gasteiger partial charge in [0, 0.05) is 19.6 Å². The SMILES string of the molecule is CN(C)C(=S)N/N=C/c1cc2ccccc2[nH]c1=O. The molecule has 0 saturated heterocycles. The minimum atomic E-state index is -0.181. The van der Waals surface area contributed by atoms with E-state index in [-0.39, 0.29) is 5.56 Å². The van der Waals surface area contributed by atoms with Crippen LogP contribution in [0.4, 0.5) is 0 Å². The zero-order valence-electron chi connectivity index (χ0n) is 10.7. The van der Waals surface area contributed by atoms with E-state index in [2.05, 4.69) is 15.5 Å². The molecule has 1 heterocycles. The number of H-pyrrole nitrogens is 1. The summed E-state index contributed by atoms with van der Waals surface area (Å²) in [7, 11) is 3.63. The average molecular weight is 274 g/mol. The summed E-state index contributed by atoms with van der Waals surface area (Å²) in [5.74, 6) is 0. The van der Waals surface area contributed by atoms with Crippen LogP contribution >= 0.6 is 12.2 Å². The van der Waals surface area contributed by atoms with E-state index in [0.29, 0.717) is 10.7 Å². The Morgan fingerprint density at radius 2 is 2.16 bits per heavy atom. The molecule has 1 aromatic heterocycles. The van der Waals surface area contributed by atoms with E-state index in [4.69, 9.17) is 12.2 Å². The van der Waals surface area contributed by atoms with Crippen molar-refractivity contribution < 1.29 is 0 Å². The number of nitrogens with zero attached hydrogens (tertiary/aromatic N) is 2. The Balaban J connectivity index is 2.26. The van der Waals surface area contributed by atoms with E-state index in [9.17, 15) is 4.79 Å². The van der Waals surface area contributed by atoms with E-state index in [1.807, 2.05) is 38.4 Å². The highest BCUT2D eigenvalue weighted by Gasteiger charge is 2.00. The van der Waals surface area contributed by atoms with E-state index < -0.39 is 0 Å². The van der Waals surface area contributed by atoms with Gasteiger partial charge in [0.25, 0.3) is 5.56 Å². The number of fused-ring (bicyclic) bond motifs is 1. The fourth-order valence-electron chi connectivity index (χ4n) is 1.52. The number of hydrogen-bond acceptors (Lipinski definition) is 3. The molecule has 98 valence electrons. The number of nitrogens with one attached hydrogen (secondary N) is 2. The number of benzene rings is 1. The normalized spacial score (nSPS) is 10.8. The molecule has 5 nitrogen and oxygen atoms in total. The monoisotopic (exact) mass is 274 g/mol. The van der Waals surface area contributed by atoms with Gasteiger partial charge in [0.1, 0.15) is 0 Å². The molecule has 0 atom stereocenters. The summed E-state index contributed by atoms with van der Waals surface area (Å²) in [6, 6.07) is 9.37. The molecule has 0 bridgehead atoms. The Labute approximate surface area is 115 Å². The van der Waals surface area contributed by atoms with E-state index >= 15 is 0 Å². The standard InChI is InChI=1S/C13H14N4OS/c1-17(2)13(19)16-14-8-10-7-9-5-3-4-6-11(9)15-12(10)18/h3-8H,1-2H3,(H,15,18)(H,16,19)/b14-8+. The third-order valence-corrected chi connectivity index (χ3v) is 3.01. The molecular weight excluding hydrogens is 260 g/mol. The van der Waals surface area contributed by atoms with Gasteiger partial charge in [-0.05, 0) is 29.7 Å². The average Bonchev–Trinajstić information content (AvgIpc) is 2.39. The molecule has 0 spiro atoms. The first kappa shape index (κ1) is 13.2. The molecular formula is C13H14N4OS. The van der Waals surface area contributed by atoms with Crippen molar-refractivity contribution in [3.63, 3.8) is 0 Å². The molecule has 0 radical (unpaired) electrons. The summed E-state index contributed by atoms with van der Waals surface area (Å²) in [5.41, 5.74) is 3.79. The molecule has 0 aliphatic rings. The summed E-state index contributed by atoms with van der Waals surface area (Å²) in [4.78, 5) is 16.3. The van der Waals surface area contributed by atoms with Gasteiger partial charge in [-0.15, -0.1) is 0 Å². The summed E-state index contributed by atoms with van der Waals surface area (Å²) in [5, 5.41) is 5.39. The lowest BCUT2D eigenvalue weighted by Gasteiger charge is -2.11. The number of hydrazone groups is 1. The zero-order chi connectivity index (χ0) is 13.8. The number of aromatic nitrogens is 1. The first-order valence-electron chi connectivity index (χ1n) is 5.70. The third kappa shape index (κ3) is 3.17. The second-order valence-electron chi connectivity index (χ2n) is 4.21. The van der Waals surface area contributed by atoms with Crippen molar-refractivity contribution in [3.05, 3.63) is 46.2 Å². The molecule has 0 unspecified atom stereocenters. The third-order valence-electron chi connectivity index (χ3n) is 2.55. The van der Waals surface area contributed by atoms with Crippen molar-refractivity contribution in [3.8, 4) is 0 Å². The molecule has 6 heteroatoms. The molecule has 0 fully saturated rings. The molecule has 0 saturated carbocycles. The molecule has 2 rings (SSSR count). The maximum Gasteiger partial charge on any atom is 0.257 e. The summed E-state index contributed by atoms with van der Waals surface area (Å²) in [6.07, 6.45) is 1.46. The van der Waals surface area contributed by atoms with Crippen LogP contribution in [-0.4, -0.2) is 35.3 Å². The molecule has 19 heavy (non-hydrogen) atoms. The summed E-state index contributed by atoms with van der Waals surface area (Å²) >= 11 is 5.02. The van der Waals surface area contributed by atoms with Crippen LogP contribution in [0, 0.1) is 0 Å². The maximum absolute atomic E-state index is 11.8. The van der Waals surface area contributed by atoms with Crippen LogP contribution in [0.2, 0.25) is 0 Å². The van der Waals surface area contributed by atoms with Crippen LogP contribution in [0.1, 0.15) is 5.56 Å². The van der Waals surface area contributed by atoms with Gasteiger partial charge in [-0.3, -0.25) is 10.2 Å². The number of thiocarbonyl (C=S) groups is 1. The minimum absolute atomic E-state index is 0.181. The predicted octanol–water partition coefficient (Wildman–Crippen LogP) is 1.30. The highest BCUT2D eigenvalue weighted by molar-refractivity contribution is 7.80. The van der Waals surface area contributed by atoms with Gasteiger partial charge >= 0.3 is 0 Å². The molecule has 0 amide bonds. The highest BCUT2D eigenvalue weighted by atomic mass is 32.1. The van der Waals surface area contributed by atoms with Crippen molar-refractivity contribution in [2.45, 2.75) is 0 Å². The Hall–Kier alpha value is -2.21. The van der Waals surface area contributed by atoms with Gasteiger partial charge in [-0.25, -0.2) is 0 Å². The summed E-state index contributed by atoms with van der Waals surface area (Å²) in [6.45, 7) is 0. The second-order valence-corrected chi connectivity index (χ2v) is 4.60. The van der Waals surface area contributed by atoms with E-state index in [1.54, 1.807) is 11.0 Å². The zero-order valence-corrected chi connectivity index (χ0v) is 11.5. The Kier molecular flexibility index (Phi) is 3.91. The van der Waals surface area contributed by atoms with Gasteiger partial charge in [0.05, 0.1) is 11.8 Å². The van der Waals surface area contributed by atoms with Crippen LogP contribution in [-0.2, 0) is 0 Å². The topological polar surface area (TPSA) is 60.5 Å². The Morgan fingerprint density at radius 1 is 1.42 bits per heavy atom. The first-order valence-corrected chi connectivity index (χ1v) is 6.11. The smallest absolute Gasteiger partial charge is 0.257 e. The molecule has 2 aromatic rings. The minimum Gasteiger partial charge on any atom is -0.354 e. The first-order chi connectivity index (χ1) is 9.08. The highest BCUT2D eigenvalue weighted by Crippen LogP contribution is 2.08. The quantitative estimate of drug-likeness (QED) is 0.492. The van der Waals surface area contributed by atoms with Crippen LogP contribution in [0.25, 0.3) is 10.9 Å². The predicted molar refractivity (Wildman–Crippen MR) is 81.6 cm³/mol. The number of rotatable bonds is 2. The van der Waals surface area contributed by atoms with Gasteiger partial charge in [-0.2, -0.15) is 5.10 Å². The summed E-state index contributed by atoms with van der Waals surface area (Å²) < 4.78 is 0. The number of aromatic amines is 1. The van der Waals surface area contributed by atoms with Crippen molar-refractivity contribution in [2.75, 3.05) is 14.1 Å².